The molecule has 2 N–H and O–H groups in total. The molecule has 4 heteroatoms. The second-order valence-corrected chi connectivity index (χ2v) is 3.40. The summed E-state index contributed by atoms with van der Waals surface area (Å²) in [5, 5.41) is 16.7. The Morgan fingerprint density at radius 2 is 1.40 bits per heavy atom. The monoisotopic (exact) mass is 214 g/mol. The molecule has 0 fully saturated rings. The normalized spacial score (nSPS) is 10.7. The molecule has 0 unspecified atom stereocenters. The number of carboxylic acids is 2. The first-order valence-electron chi connectivity index (χ1n) is 5.21. The third-order valence-electron chi connectivity index (χ3n) is 1.95. The summed E-state index contributed by atoms with van der Waals surface area (Å²) in [7, 11) is 0. The average molecular weight is 214 g/mol. The first-order chi connectivity index (χ1) is 7.13. The summed E-state index contributed by atoms with van der Waals surface area (Å²) >= 11 is 0. The summed E-state index contributed by atoms with van der Waals surface area (Å²) in [4.78, 5) is 20.3. The zero-order chi connectivity index (χ0) is 11.5. The zero-order valence-corrected chi connectivity index (χ0v) is 8.82. The van der Waals surface area contributed by atoms with Crippen molar-refractivity contribution in [2.24, 2.45) is 0 Å². The van der Waals surface area contributed by atoms with Crippen LogP contribution in [0.5, 0.6) is 0 Å². The Morgan fingerprint density at radius 3 is 2.00 bits per heavy atom. The van der Waals surface area contributed by atoms with Gasteiger partial charge in [0.1, 0.15) is 0 Å². The molecule has 0 atom stereocenters. The number of rotatable bonds is 9. The van der Waals surface area contributed by atoms with Crippen LogP contribution < -0.4 is 0 Å². The first kappa shape index (κ1) is 13.7. The van der Waals surface area contributed by atoms with Gasteiger partial charge in [0.2, 0.25) is 0 Å². The molecule has 0 saturated heterocycles. The van der Waals surface area contributed by atoms with Gasteiger partial charge >= 0.3 is 11.9 Å². The van der Waals surface area contributed by atoms with Crippen LogP contribution in [0.25, 0.3) is 0 Å². The third-order valence-corrected chi connectivity index (χ3v) is 1.95. The Labute approximate surface area is 89.6 Å². The summed E-state index contributed by atoms with van der Waals surface area (Å²) in [5.41, 5.74) is 0. The molecule has 0 amide bonds. The summed E-state index contributed by atoms with van der Waals surface area (Å²) in [6.07, 6.45) is 8.32. The molecule has 0 saturated carbocycles. The molecular formula is C11H18O4. The van der Waals surface area contributed by atoms with Gasteiger partial charge < -0.3 is 10.2 Å². The van der Waals surface area contributed by atoms with Gasteiger partial charge in [-0.05, 0) is 25.7 Å². The molecule has 0 radical (unpaired) electrons. The van der Waals surface area contributed by atoms with E-state index in [2.05, 4.69) is 0 Å². The lowest BCUT2D eigenvalue weighted by Gasteiger charge is -1.95. The van der Waals surface area contributed by atoms with Gasteiger partial charge in [-0.3, -0.25) is 9.59 Å². The van der Waals surface area contributed by atoms with Gasteiger partial charge in [-0.25, -0.2) is 0 Å². The lowest BCUT2D eigenvalue weighted by molar-refractivity contribution is -0.138. The largest absolute Gasteiger partial charge is 0.481 e. The van der Waals surface area contributed by atoms with Gasteiger partial charge in [-0.15, -0.1) is 0 Å². The quantitative estimate of drug-likeness (QED) is 0.456. The van der Waals surface area contributed by atoms with Crippen LogP contribution in [-0.2, 0) is 9.59 Å². The van der Waals surface area contributed by atoms with Crippen molar-refractivity contribution in [3.05, 3.63) is 12.2 Å². The van der Waals surface area contributed by atoms with Crippen LogP contribution in [0, 0.1) is 0 Å². The Kier molecular flexibility index (Phi) is 8.43. The van der Waals surface area contributed by atoms with Gasteiger partial charge in [-0.1, -0.05) is 18.6 Å². The maximum Gasteiger partial charge on any atom is 0.303 e. The average Bonchev–Trinajstić information content (AvgIpc) is 2.14. The highest BCUT2D eigenvalue weighted by Gasteiger charge is 1.95. The Hall–Kier alpha value is -1.32. The Bertz CT molecular complexity index is 221. The van der Waals surface area contributed by atoms with Crippen molar-refractivity contribution in [3.8, 4) is 0 Å². The molecule has 86 valence electrons. The van der Waals surface area contributed by atoms with Crippen molar-refractivity contribution in [2.45, 2.75) is 44.9 Å². The number of aliphatic carboxylic acids is 2. The van der Waals surface area contributed by atoms with Crippen LogP contribution in [0.3, 0.4) is 0 Å². The Balaban J connectivity index is 3.16. The fourth-order valence-corrected chi connectivity index (χ4v) is 1.16. The van der Waals surface area contributed by atoms with E-state index in [0.717, 1.165) is 25.7 Å². The molecular weight excluding hydrogens is 196 g/mol. The summed E-state index contributed by atoms with van der Waals surface area (Å²) in [6, 6.07) is 0. The van der Waals surface area contributed by atoms with Crippen molar-refractivity contribution in [1.82, 2.24) is 0 Å². The van der Waals surface area contributed by atoms with Gasteiger partial charge in [-0.2, -0.15) is 0 Å². The van der Waals surface area contributed by atoms with Gasteiger partial charge in [0.05, 0.1) is 0 Å². The SMILES string of the molecule is O=C(O)CC/C=C/CCCCCC(=O)O. The molecule has 0 heterocycles. The fourth-order valence-electron chi connectivity index (χ4n) is 1.16. The number of carbonyl (C=O) groups is 2. The van der Waals surface area contributed by atoms with Crippen LogP contribution in [0.2, 0.25) is 0 Å². The van der Waals surface area contributed by atoms with Crippen molar-refractivity contribution < 1.29 is 19.8 Å². The molecule has 0 rings (SSSR count). The fraction of sp³-hybridized carbons (Fsp3) is 0.636. The smallest absolute Gasteiger partial charge is 0.303 e. The van der Waals surface area contributed by atoms with E-state index in [-0.39, 0.29) is 12.8 Å². The highest BCUT2D eigenvalue weighted by atomic mass is 16.4. The van der Waals surface area contributed by atoms with Gasteiger partial charge in [0, 0.05) is 12.8 Å². The number of allylic oxidation sites excluding steroid dienone is 2. The van der Waals surface area contributed by atoms with Crippen LogP contribution in [0.1, 0.15) is 44.9 Å². The van der Waals surface area contributed by atoms with Crippen LogP contribution in [-0.4, -0.2) is 22.2 Å². The van der Waals surface area contributed by atoms with Crippen molar-refractivity contribution in [3.63, 3.8) is 0 Å². The van der Waals surface area contributed by atoms with E-state index in [0.29, 0.717) is 6.42 Å². The van der Waals surface area contributed by atoms with Crippen LogP contribution >= 0.6 is 0 Å². The maximum absolute atomic E-state index is 10.2. The van der Waals surface area contributed by atoms with Gasteiger partial charge in [0.15, 0.2) is 0 Å². The molecule has 0 aliphatic carbocycles. The van der Waals surface area contributed by atoms with Crippen molar-refractivity contribution in [1.29, 1.82) is 0 Å². The standard InChI is InChI=1S/C11H18O4/c12-10(13)8-6-4-2-1-3-5-7-9-11(14)15/h2,4H,1,3,5-9H2,(H,12,13)(H,14,15)/b4-2+. The first-order valence-corrected chi connectivity index (χ1v) is 5.21. The number of hydrogen-bond acceptors (Lipinski definition) is 2. The highest BCUT2D eigenvalue weighted by molar-refractivity contribution is 5.66. The predicted molar refractivity (Wildman–Crippen MR) is 56.7 cm³/mol. The minimum atomic E-state index is -0.777. The highest BCUT2D eigenvalue weighted by Crippen LogP contribution is 2.04. The second-order valence-electron chi connectivity index (χ2n) is 3.40. The molecule has 0 aromatic heterocycles. The lowest BCUT2D eigenvalue weighted by atomic mass is 10.1. The predicted octanol–water partition coefficient (Wildman–Crippen LogP) is 2.44. The van der Waals surface area contributed by atoms with E-state index in [1.165, 1.54) is 0 Å². The zero-order valence-electron chi connectivity index (χ0n) is 8.82. The summed E-state index contributed by atoms with van der Waals surface area (Å²) < 4.78 is 0. The summed E-state index contributed by atoms with van der Waals surface area (Å²) in [5.74, 6) is -1.52. The van der Waals surface area contributed by atoms with E-state index in [1.54, 1.807) is 0 Å². The maximum atomic E-state index is 10.2. The van der Waals surface area contributed by atoms with Gasteiger partial charge in [0.25, 0.3) is 0 Å². The Morgan fingerprint density at radius 1 is 0.800 bits per heavy atom. The lowest BCUT2D eigenvalue weighted by Crippen LogP contribution is -1.93. The third kappa shape index (κ3) is 12.7. The molecule has 4 nitrogen and oxygen atoms in total. The molecule has 0 aliphatic rings. The van der Waals surface area contributed by atoms with Crippen molar-refractivity contribution >= 4 is 11.9 Å². The topological polar surface area (TPSA) is 74.6 Å². The van der Waals surface area contributed by atoms with Crippen LogP contribution in [0.4, 0.5) is 0 Å². The van der Waals surface area contributed by atoms with Crippen LogP contribution in [0.15, 0.2) is 12.2 Å². The second kappa shape index (κ2) is 9.24. The molecule has 0 aromatic rings. The van der Waals surface area contributed by atoms with E-state index in [1.807, 2.05) is 12.2 Å². The molecule has 0 bridgehead atoms. The number of hydrogen-bond donors (Lipinski definition) is 2. The van der Waals surface area contributed by atoms with E-state index in [4.69, 9.17) is 10.2 Å². The van der Waals surface area contributed by atoms with E-state index < -0.39 is 11.9 Å². The van der Waals surface area contributed by atoms with E-state index >= 15 is 0 Å². The van der Waals surface area contributed by atoms with Crippen molar-refractivity contribution in [2.75, 3.05) is 0 Å². The molecule has 0 spiro atoms. The number of unbranched alkanes of at least 4 members (excludes halogenated alkanes) is 3. The molecule has 0 aliphatic heterocycles. The summed E-state index contributed by atoms with van der Waals surface area (Å²) in [6.45, 7) is 0. The molecule has 0 aromatic carbocycles. The number of carboxylic acid groups (broad SMARTS) is 2. The molecule has 15 heavy (non-hydrogen) atoms. The minimum Gasteiger partial charge on any atom is -0.481 e. The minimum absolute atomic E-state index is 0.176. The van der Waals surface area contributed by atoms with E-state index in [9.17, 15) is 9.59 Å².